The molecule has 1 N–H and O–H groups in total. The van der Waals surface area contributed by atoms with Crippen molar-refractivity contribution in [2.24, 2.45) is 4.99 Å². The molecule has 0 radical (unpaired) electrons. The van der Waals surface area contributed by atoms with Crippen LogP contribution in [0.15, 0.2) is 28.1 Å². The van der Waals surface area contributed by atoms with E-state index in [-0.39, 0.29) is 0 Å². The van der Waals surface area contributed by atoms with E-state index < -0.39 is 10.8 Å². The molecule has 0 amide bonds. The highest BCUT2D eigenvalue weighted by Crippen LogP contribution is 2.33. The topological polar surface area (TPSA) is 41.5 Å². The number of halogens is 1. The van der Waals surface area contributed by atoms with Gasteiger partial charge in [-0.15, -0.1) is 0 Å². The van der Waals surface area contributed by atoms with Gasteiger partial charge in [0.05, 0.1) is 21.4 Å². The lowest BCUT2D eigenvalue weighted by Gasteiger charge is -2.15. The molecule has 0 spiro atoms. The van der Waals surface area contributed by atoms with Crippen LogP contribution < -0.4 is 4.72 Å². The van der Waals surface area contributed by atoms with Gasteiger partial charge in [-0.25, -0.2) is 4.99 Å². The molecule has 1 aliphatic heterocycles. The third kappa shape index (κ3) is 2.35. The van der Waals surface area contributed by atoms with Crippen LogP contribution in [0, 0.1) is 0 Å². The zero-order valence-corrected chi connectivity index (χ0v) is 10.4. The van der Waals surface area contributed by atoms with Crippen LogP contribution in [-0.2, 0) is 10.8 Å². The van der Waals surface area contributed by atoms with Crippen molar-refractivity contribution in [3.63, 3.8) is 0 Å². The first kappa shape index (κ1) is 11.0. The van der Waals surface area contributed by atoms with Crippen LogP contribution in [0.5, 0.6) is 0 Å². The van der Waals surface area contributed by atoms with Crippen LogP contribution in [0.2, 0.25) is 5.02 Å². The van der Waals surface area contributed by atoms with E-state index in [2.05, 4.69) is 9.71 Å². The number of nitrogens with zero attached hydrogens (tertiary/aromatic N) is 1. The molecule has 6 heteroatoms. The SMILES string of the molecule is CCS(=O)C1=Nc2ccc(Cl)cc2SN1. The van der Waals surface area contributed by atoms with Crippen LogP contribution >= 0.6 is 23.5 Å². The van der Waals surface area contributed by atoms with E-state index in [1.807, 2.05) is 19.1 Å². The van der Waals surface area contributed by atoms with Gasteiger partial charge < -0.3 is 4.72 Å². The number of hydrogen-bond acceptors (Lipinski definition) is 4. The largest absolute Gasteiger partial charge is 0.303 e. The van der Waals surface area contributed by atoms with E-state index in [0.29, 0.717) is 15.9 Å². The molecule has 0 fully saturated rings. The number of rotatable bonds is 1. The summed E-state index contributed by atoms with van der Waals surface area (Å²) in [6.07, 6.45) is 0. The average Bonchev–Trinajstić information content (AvgIpc) is 2.27. The first-order chi connectivity index (χ1) is 7.20. The molecule has 80 valence electrons. The molecule has 0 saturated carbocycles. The van der Waals surface area contributed by atoms with E-state index in [4.69, 9.17) is 11.6 Å². The van der Waals surface area contributed by atoms with Gasteiger partial charge in [0.1, 0.15) is 0 Å². The maximum Gasteiger partial charge on any atom is 0.203 e. The molecule has 1 aromatic carbocycles. The van der Waals surface area contributed by atoms with Crippen molar-refractivity contribution in [1.29, 1.82) is 0 Å². The molecule has 0 aromatic heterocycles. The maximum atomic E-state index is 11.5. The third-order valence-corrected chi connectivity index (χ3v) is 4.23. The monoisotopic (exact) mass is 260 g/mol. The Bertz CT molecular complexity index is 448. The molecule has 1 heterocycles. The second kappa shape index (κ2) is 4.55. The smallest absolute Gasteiger partial charge is 0.203 e. The lowest BCUT2D eigenvalue weighted by Crippen LogP contribution is -2.24. The normalized spacial score (nSPS) is 16.3. The Hall–Kier alpha value is -0.520. The summed E-state index contributed by atoms with van der Waals surface area (Å²) in [5, 5.41) is 1.20. The fourth-order valence-electron chi connectivity index (χ4n) is 1.13. The van der Waals surface area contributed by atoms with E-state index in [1.165, 1.54) is 11.9 Å². The summed E-state index contributed by atoms with van der Waals surface area (Å²) in [5.74, 6) is 0.565. The third-order valence-electron chi connectivity index (χ3n) is 1.87. The van der Waals surface area contributed by atoms with Crippen LogP contribution in [0.3, 0.4) is 0 Å². The summed E-state index contributed by atoms with van der Waals surface area (Å²) < 4.78 is 14.5. The summed E-state index contributed by atoms with van der Waals surface area (Å²) in [7, 11) is -1.04. The first-order valence-corrected chi connectivity index (χ1v) is 6.91. The quantitative estimate of drug-likeness (QED) is 0.790. The highest BCUT2D eigenvalue weighted by Gasteiger charge is 2.15. The lowest BCUT2D eigenvalue weighted by molar-refractivity contribution is 0.690. The maximum absolute atomic E-state index is 11.5. The van der Waals surface area contributed by atoms with Gasteiger partial charge in [-0.1, -0.05) is 18.5 Å². The van der Waals surface area contributed by atoms with Crippen molar-refractivity contribution in [2.75, 3.05) is 5.75 Å². The van der Waals surface area contributed by atoms with E-state index in [1.54, 1.807) is 6.07 Å². The second-order valence-corrected chi connectivity index (χ2v) is 5.81. The van der Waals surface area contributed by atoms with Crippen LogP contribution in [0.1, 0.15) is 6.92 Å². The van der Waals surface area contributed by atoms with Gasteiger partial charge in [0, 0.05) is 10.8 Å². The summed E-state index contributed by atoms with van der Waals surface area (Å²) in [6.45, 7) is 1.86. The minimum absolute atomic E-state index is 0.525. The molecule has 1 atom stereocenters. The lowest BCUT2D eigenvalue weighted by atomic mass is 10.3. The number of nitrogens with one attached hydrogen (secondary N) is 1. The Kier molecular flexibility index (Phi) is 3.33. The standard InChI is InChI=1S/C9H9ClN2OS2/c1-2-15(13)9-11-7-4-3-6(10)5-8(7)14-12-9/h3-5H,2H2,1H3,(H,11,12). The van der Waals surface area contributed by atoms with E-state index >= 15 is 0 Å². The first-order valence-electron chi connectivity index (χ1n) is 4.40. The van der Waals surface area contributed by atoms with Crippen LogP contribution in [0.4, 0.5) is 5.69 Å². The zero-order valence-electron chi connectivity index (χ0n) is 7.99. The van der Waals surface area contributed by atoms with Gasteiger partial charge in [0.25, 0.3) is 0 Å². The summed E-state index contributed by atoms with van der Waals surface area (Å²) in [5.41, 5.74) is 0.819. The molecule has 2 rings (SSSR count). The van der Waals surface area contributed by atoms with Crippen molar-refractivity contribution in [3.05, 3.63) is 23.2 Å². The molecular formula is C9H9ClN2OS2. The molecular weight excluding hydrogens is 252 g/mol. The molecule has 1 aliphatic rings. The number of fused-ring (bicyclic) bond motifs is 1. The highest BCUT2D eigenvalue weighted by molar-refractivity contribution is 8.05. The minimum Gasteiger partial charge on any atom is -0.303 e. The molecule has 15 heavy (non-hydrogen) atoms. The number of benzene rings is 1. The Morgan fingerprint density at radius 1 is 1.60 bits per heavy atom. The summed E-state index contributed by atoms with van der Waals surface area (Å²) >= 11 is 7.25. The van der Waals surface area contributed by atoms with Gasteiger partial charge >= 0.3 is 0 Å². The summed E-state index contributed by atoms with van der Waals surface area (Å²) in [4.78, 5) is 5.24. The Morgan fingerprint density at radius 2 is 2.40 bits per heavy atom. The highest BCUT2D eigenvalue weighted by atomic mass is 35.5. The van der Waals surface area contributed by atoms with Crippen molar-refractivity contribution >= 4 is 45.2 Å². The Balaban J connectivity index is 2.37. The second-order valence-electron chi connectivity index (χ2n) is 2.87. The number of amidine groups is 1. The Labute approximate surface area is 99.9 Å². The van der Waals surface area contributed by atoms with Gasteiger partial charge in [0.2, 0.25) is 5.17 Å². The predicted octanol–water partition coefficient (Wildman–Crippen LogP) is 2.71. The van der Waals surface area contributed by atoms with Gasteiger partial charge in [-0.2, -0.15) is 0 Å². The minimum atomic E-state index is -1.04. The van der Waals surface area contributed by atoms with Gasteiger partial charge in [0.15, 0.2) is 0 Å². The van der Waals surface area contributed by atoms with Crippen molar-refractivity contribution < 1.29 is 4.21 Å². The van der Waals surface area contributed by atoms with Crippen LogP contribution in [-0.4, -0.2) is 15.1 Å². The summed E-state index contributed by atoms with van der Waals surface area (Å²) in [6, 6.07) is 5.45. The molecule has 1 aromatic rings. The van der Waals surface area contributed by atoms with Crippen molar-refractivity contribution in [3.8, 4) is 0 Å². The number of aliphatic imine (C=N–C) groups is 1. The Morgan fingerprint density at radius 3 is 3.13 bits per heavy atom. The number of hydrogen-bond donors (Lipinski definition) is 1. The van der Waals surface area contributed by atoms with E-state index in [9.17, 15) is 4.21 Å². The predicted molar refractivity (Wildman–Crippen MR) is 66.2 cm³/mol. The van der Waals surface area contributed by atoms with Crippen molar-refractivity contribution in [1.82, 2.24) is 4.72 Å². The molecule has 0 aliphatic carbocycles. The van der Waals surface area contributed by atoms with Gasteiger partial charge in [-0.05, 0) is 30.1 Å². The molecule has 0 bridgehead atoms. The van der Waals surface area contributed by atoms with Crippen molar-refractivity contribution in [2.45, 2.75) is 11.8 Å². The van der Waals surface area contributed by atoms with Crippen LogP contribution in [0.25, 0.3) is 0 Å². The van der Waals surface area contributed by atoms with Gasteiger partial charge in [-0.3, -0.25) is 4.21 Å². The molecule has 0 saturated heterocycles. The fourth-order valence-corrected chi connectivity index (χ4v) is 2.98. The fraction of sp³-hybridized carbons (Fsp3) is 0.222. The molecule has 1 unspecified atom stereocenters. The molecule has 3 nitrogen and oxygen atoms in total. The average molecular weight is 261 g/mol. The van der Waals surface area contributed by atoms with E-state index in [0.717, 1.165) is 10.6 Å². The zero-order chi connectivity index (χ0) is 10.8.